The zero-order valence-electron chi connectivity index (χ0n) is 12.4. The van der Waals surface area contributed by atoms with Crippen molar-refractivity contribution in [2.75, 3.05) is 4.72 Å². The maximum absolute atomic E-state index is 12.5. The van der Waals surface area contributed by atoms with Gasteiger partial charge < -0.3 is 0 Å². The van der Waals surface area contributed by atoms with Crippen LogP contribution in [0.5, 0.6) is 0 Å². The maximum atomic E-state index is 12.5. The standard InChI is InChI=1S/C14H12N4O4S2/c1-17-14(9-10(15-17)12-6-4-8-23-12)16-24(21,22)13-7-3-2-5-11(13)18(19)20/h2-9,16H,1H3. The van der Waals surface area contributed by atoms with Crippen LogP contribution in [0, 0.1) is 10.1 Å². The first-order valence-electron chi connectivity index (χ1n) is 6.72. The van der Waals surface area contributed by atoms with Gasteiger partial charge in [0.15, 0.2) is 4.90 Å². The molecule has 24 heavy (non-hydrogen) atoms. The molecule has 3 rings (SSSR count). The summed E-state index contributed by atoms with van der Waals surface area (Å²) in [5.74, 6) is 0.219. The molecule has 10 heteroatoms. The number of aromatic nitrogens is 2. The van der Waals surface area contributed by atoms with Gasteiger partial charge in [0.05, 0.1) is 9.80 Å². The van der Waals surface area contributed by atoms with Crippen molar-refractivity contribution >= 4 is 32.9 Å². The van der Waals surface area contributed by atoms with Crippen molar-refractivity contribution < 1.29 is 13.3 Å². The molecule has 0 amide bonds. The van der Waals surface area contributed by atoms with E-state index in [2.05, 4.69) is 9.82 Å². The smallest absolute Gasteiger partial charge is 0.263 e. The summed E-state index contributed by atoms with van der Waals surface area (Å²) in [6.07, 6.45) is 0. The van der Waals surface area contributed by atoms with Crippen LogP contribution in [0.3, 0.4) is 0 Å². The van der Waals surface area contributed by atoms with Gasteiger partial charge in [-0.3, -0.25) is 19.5 Å². The molecule has 0 radical (unpaired) electrons. The van der Waals surface area contributed by atoms with Crippen molar-refractivity contribution in [3.05, 3.63) is 58.0 Å². The molecule has 0 aliphatic carbocycles. The number of para-hydroxylation sites is 1. The minimum absolute atomic E-state index is 0.219. The second-order valence-corrected chi connectivity index (χ2v) is 7.44. The van der Waals surface area contributed by atoms with Gasteiger partial charge in [-0.2, -0.15) is 5.10 Å². The van der Waals surface area contributed by atoms with Crippen molar-refractivity contribution in [3.8, 4) is 10.6 Å². The zero-order valence-corrected chi connectivity index (χ0v) is 14.0. The maximum Gasteiger partial charge on any atom is 0.289 e. The number of hydrogen-bond donors (Lipinski definition) is 1. The molecule has 0 atom stereocenters. The van der Waals surface area contributed by atoms with Crippen molar-refractivity contribution in [2.24, 2.45) is 7.05 Å². The molecule has 8 nitrogen and oxygen atoms in total. The summed E-state index contributed by atoms with van der Waals surface area (Å²) in [5, 5.41) is 17.2. The van der Waals surface area contributed by atoms with Crippen LogP contribution >= 0.6 is 11.3 Å². The molecule has 0 aliphatic heterocycles. The van der Waals surface area contributed by atoms with Gasteiger partial charge in [-0.25, -0.2) is 8.42 Å². The molecule has 1 aromatic carbocycles. The summed E-state index contributed by atoms with van der Waals surface area (Å²) in [7, 11) is -2.52. The summed E-state index contributed by atoms with van der Waals surface area (Å²) in [6, 6.07) is 10.5. The van der Waals surface area contributed by atoms with Crippen LogP contribution in [0.1, 0.15) is 0 Å². The molecule has 0 saturated carbocycles. The average molecular weight is 364 g/mol. The summed E-state index contributed by atoms with van der Waals surface area (Å²) in [4.78, 5) is 10.8. The highest BCUT2D eigenvalue weighted by atomic mass is 32.2. The average Bonchev–Trinajstić information content (AvgIpc) is 3.17. The summed E-state index contributed by atoms with van der Waals surface area (Å²) in [6.45, 7) is 0. The van der Waals surface area contributed by atoms with E-state index >= 15 is 0 Å². The lowest BCUT2D eigenvalue weighted by Gasteiger charge is -2.08. The highest BCUT2D eigenvalue weighted by molar-refractivity contribution is 7.92. The Morgan fingerprint density at radius 2 is 2.00 bits per heavy atom. The zero-order chi connectivity index (χ0) is 17.3. The lowest BCUT2D eigenvalue weighted by atomic mass is 10.3. The van der Waals surface area contributed by atoms with Crippen LogP contribution in [-0.4, -0.2) is 23.1 Å². The fourth-order valence-electron chi connectivity index (χ4n) is 2.14. The predicted molar refractivity (Wildman–Crippen MR) is 90.4 cm³/mol. The van der Waals surface area contributed by atoms with E-state index in [1.807, 2.05) is 17.5 Å². The van der Waals surface area contributed by atoms with Crippen molar-refractivity contribution in [3.63, 3.8) is 0 Å². The monoisotopic (exact) mass is 364 g/mol. The molecule has 0 unspecified atom stereocenters. The summed E-state index contributed by atoms with van der Waals surface area (Å²) >= 11 is 1.48. The molecular weight excluding hydrogens is 352 g/mol. The van der Waals surface area contributed by atoms with Crippen LogP contribution in [0.4, 0.5) is 11.5 Å². The molecule has 0 saturated heterocycles. The number of hydrogen-bond acceptors (Lipinski definition) is 6. The number of anilines is 1. The van der Waals surface area contributed by atoms with Gasteiger partial charge in [-0.15, -0.1) is 11.3 Å². The number of sulfonamides is 1. The van der Waals surface area contributed by atoms with Gasteiger partial charge in [0.2, 0.25) is 0 Å². The first kappa shape index (κ1) is 16.1. The van der Waals surface area contributed by atoms with E-state index in [0.717, 1.165) is 10.9 Å². The van der Waals surface area contributed by atoms with E-state index in [9.17, 15) is 18.5 Å². The van der Waals surface area contributed by atoms with Crippen LogP contribution in [-0.2, 0) is 17.1 Å². The van der Waals surface area contributed by atoms with Crippen molar-refractivity contribution in [1.29, 1.82) is 0 Å². The van der Waals surface area contributed by atoms with Crippen LogP contribution in [0.25, 0.3) is 10.6 Å². The van der Waals surface area contributed by atoms with E-state index in [4.69, 9.17) is 0 Å². The van der Waals surface area contributed by atoms with Crippen LogP contribution in [0.15, 0.2) is 52.7 Å². The normalized spacial score (nSPS) is 11.4. The molecule has 0 aliphatic rings. The van der Waals surface area contributed by atoms with Gasteiger partial charge in [0.1, 0.15) is 11.5 Å². The molecule has 2 heterocycles. The van der Waals surface area contributed by atoms with E-state index in [-0.39, 0.29) is 5.82 Å². The van der Waals surface area contributed by atoms with Gasteiger partial charge >= 0.3 is 0 Å². The Morgan fingerprint density at radius 1 is 1.25 bits per heavy atom. The van der Waals surface area contributed by atoms with Crippen molar-refractivity contribution in [1.82, 2.24) is 9.78 Å². The van der Waals surface area contributed by atoms with Gasteiger partial charge in [0, 0.05) is 19.2 Å². The van der Waals surface area contributed by atoms with E-state index < -0.39 is 25.5 Å². The van der Waals surface area contributed by atoms with Gasteiger partial charge in [-0.05, 0) is 17.5 Å². The minimum Gasteiger partial charge on any atom is -0.263 e. The number of aryl methyl sites for hydroxylation is 1. The number of nitro benzene ring substituents is 1. The molecule has 0 bridgehead atoms. The summed E-state index contributed by atoms with van der Waals surface area (Å²) in [5.41, 5.74) is 0.137. The lowest BCUT2D eigenvalue weighted by molar-refractivity contribution is -0.387. The Bertz CT molecular complexity index is 994. The molecule has 124 valence electrons. The first-order chi connectivity index (χ1) is 11.4. The number of rotatable bonds is 5. The Labute approximate surface area is 141 Å². The second-order valence-electron chi connectivity index (χ2n) is 4.85. The number of nitrogens with zero attached hydrogens (tertiary/aromatic N) is 3. The molecule has 0 spiro atoms. The molecule has 0 fully saturated rings. The van der Waals surface area contributed by atoms with E-state index in [1.54, 1.807) is 13.1 Å². The predicted octanol–water partition coefficient (Wildman–Crippen LogP) is 2.86. The van der Waals surface area contributed by atoms with Crippen LogP contribution in [0.2, 0.25) is 0 Å². The Hall–Kier alpha value is -2.72. The quantitative estimate of drug-likeness (QED) is 0.553. The third-order valence-corrected chi connectivity index (χ3v) is 5.54. The largest absolute Gasteiger partial charge is 0.289 e. The third kappa shape index (κ3) is 3.01. The van der Waals surface area contributed by atoms with Crippen molar-refractivity contribution in [2.45, 2.75) is 4.90 Å². The van der Waals surface area contributed by atoms with E-state index in [1.165, 1.54) is 34.2 Å². The minimum atomic E-state index is -4.12. The highest BCUT2D eigenvalue weighted by Gasteiger charge is 2.26. The third-order valence-electron chi connectivity index (χ3n) is 3.24. The first-order valence-corrected chi connectivity index (χ1v) is 9.09. The van der Waals surface area contributed by atoms with Gasteiger partial charge in [0.25, 0.3) is 15.7 Å². The van der Waals surface area contributed by atoms with Gasteiger partial charge in [-0.1, -0.05) is 18.2 Å². The SMILES string of the molecule is Cn1nc(-c2cccs2)cc1NS(=O)(=O)c1ccccc1[N+](=O)[O-]. The van der Waals surface area contributed by atoms with E-state index in [0.29, 0.717) is 5.69 Å². The Balaban J connectivity index is 1.98. The number of nitrogens with one attached hydrogen (secondary N) is 1. The summed E-state index contributed by atoms with van der Waals surface area (Å²) < 4.78 is 28.8. The second kappa shape index (κ2) is 6.06. The number of thiophene rings is 1. The fourth-order valence-corrected chi connectivity index (χ4v) is 4.07. The topological polar surface area (TPSA) is 107 Å². The molecular formula is C14H12N4O4S2. The Kier molecular flexibility index (Phi) is 4.08. The van der Waals surface area contributed by atoms with Crippen LogP contribution < -0.4 is 4.72 Å². The highest BCUT2D eigenvalue weighted by Crippen LogP contribution is 2.28. The Morgan fingerprint density at radius 3 is 2.67 bits per heavy atom. The molecule has 3 aromatic rings. The molecule has 2 aromatic heterocycles. The number of benzene rings is 1. The molecule has 1 N–H and O–H groups in total. The lowest BCUT2D eigenvalue weighted by Crippen LogP contribution is -2.16. The number of nitro groups is 1. The fraction of sp³-hybridized carbons (Fsp3) is 0.0714.